The van der Waals surface area contributed by atoms with E-state index in [1.54, 1.807) is 36.4 Å². The quantitative estimate of drug-likeness (QED) is 0.582. The number of benzene rings is 2. The number of furan rings is 1. The van der Waals surface area contributed by atoms with Crippen LogP contribution in [0.3, 0.4) is 0 Å². The first-order chi connectivity index (χ1) is 15.4. The molecule has 2 heterocycles. The third kappa shape index (κ3) is 4.67. The standard InChI is InChI=1S/C23H23N3O5S/c1-3-30-21-8-5-4-7-18(21)20-15-19(24-26(20)23(27)22-9-6-14-31-22)16-10-12-17(13-11-16)25-32(2,28)29/h4-14,20,25H,3,15H2,1-2H3/t20-/m1/s1. The number of sulfonamides is 1. The molecule has 1 N–H and O–H groups in total. The fourth-order valence-corrected chi connectivity index (χ4v) is 4.18. The zero-order chi connectivity index (χ0) is 22.7. The number of nitrogens with one attached hydrogen (secondary N) is 1. The number of amides is 1. The molecule has 166 valence electrons. The summed E-state index contributed by atoms with van der Waals surface area (Å²) in [6.45, 7) is 2.41. The smallest absolute Gasteiger partial charge is 0.310 e. The number of rotatable bonds is 7. The number of hydrazone groups is 1. The molecule has 0 aliphatic carbocycles. The molecule has 0 bridgehead atoms. The van der Waals surface area contributed by atoms with Crippen molar-refractivity contribution in [2.45, 2.75) is 19.4 Å². The lowest BCUT2D eigenvalue weighted by Gasteiger charge is -2.23. The summed E-state index contributed by atoms with van der Waals surface area (Å²) in [7, 11) is -3.37. The van der Waals surface area contributed by atoms with E-state index < -0.39 is 10.0 Å². The molecule has 0 saturated heterocycles. The maximum atomic E-state index is 13.2. The summed E-state index contributed by atoms with van der Waals surface area (Å²) in [6.07, 6.45) is 3.01. The molecule has 1 aliphatic heterocycles. The van der Waals surface area contributed by atoms with E-state index in [2.05, 4.69) is 9.82 Å². The van der Waals surface area contributed by atoms with E-state index in [1.807, 2.05) is 31.2 Å². The van der Waals surface area contributed by atoms with E-state index >= 15 is 0 Å². The lowest BCUT2D eigenvalue weighted by atomic mass is 9.97. The molecular weight excluding hydrogens is 430 g/mol. The van der Waals surface area contributed by atoms with Crippen LogP contribution in [-0.2, 0) is 10.0 Å². The molecular formula is C23H23N3O5S. The molecule has 0 unspecified atom stereocenters. The predicted octanol–water partition coefficient (Wildman–Crippen LogP) is 4.04. The van der Waals surface area contributed by atoms with Gasteiger partial charge in [0.15, 0.2) is 5.76 Å². The van der Waals surface area contributed by atoms with Gasteiger partial charge in [-0.1, -0.05) is 30.3 Å². The van der Waals surface area contributed by atoms with E-state index in [9.17, 15) is 13.2 Å². The zero-order valence-corrected chi connectivity index (χ0v) is 18.5. The van der Waals surface area contributed by atoms with Gasteiger partial charge in [0.1, 0.15) is 5.75 Å². The zero-order valence-electron chi connectivity index (χ0n) is 17.7. The summed E-state index contributed by atoms with van der Waals surface area (Å²) < 4.78 is 36.5. The monoisotopic (exact) mass is 453 g/mol. The second kappa shape index (κ2) is 8.88. The van der Waals surface area contributed by atoms with Gasteiger partial charge in [-0.3, -0.25) is 9.52 Å². The van der Waals surface area contributed by atoms with Crippen molar-refractivity contribution in [3.63, 3.8) is 0 Å². The molecule has 1 aromatic heterocycles. The third-order valence-corrected chi connectivity index (χ3v) is 5.56. The number of carbonyl (C=O) groups is 1. The highest BCUT2D eigenvalue weighted by atomic mass is 32.2. The van der Waals surface area contributed by atoms with Crippen LogP contribution in [0.4, 0.5) is 5.69 Å². The van der Waals surface area contributed by atoms with Crippen LogP contribution in [0.1, 0.15) is 41.1 Å². The highest BCUT2D eigenvalue weighted by Gasteiger charge is 2.36. The van der Waals surface area contributed by atoms with Crippen molar-refractivity contribution in [2.24, 2.45) is 5.10 Å². The van der Waals surface area contributed by atoms with E-state index in [0.717, 1.165) is 17.4 Å². The second-order valence-corrected chi connectivity index (χ2v) is 9.06. The first-order valence-electron chi connectivity index (χ1n) is 10.1. The topological polar surface area (TPSA) is 101 Å². The average molecular weight is 454 g/mol. The number of carbonyl (C=O) groups excluding carboxylic acids is 1. The molecule has 0 spiro atoms. The summed E-state index contributed by atoms with van der Waals surface area (Å²) >= 11 is 0. The van der Waals surface area contributed by atoms with Crippen LogP contribution >= 0.6 is 0 Å². The highest BCUT2D eigenvalue weighted by Crippen LogP contribution is 2.38. The normalized spacial score (nSPS) is 16.0. The number of hydrogen-bond donors (Lipinski definition) is 1. The SMILES string of the molecule is CCOc1ccccc1[C@H]1CC(c2ccc(NS(C)(=O)=O)cc2)=NN1C(=O)c1ccco1. The Morgan fingerprint density at radius 2 is 1.91 bits per heavy atom. The summed E-state index contributed by atoms with van der Waals surface area (Å²) in [5, 5.41) is 6.05. The Morgan fingerprint density at radius 3 is 2.56 bits per heavy atom. The first-order valence-corrected chi connectivity index (χ1v) is 12.0. The van der Waals surface area contributed by atoms with Crippen molar-refractivity contribution < 1.29 is 22.4 Å². The maximum absolute atomic E-state index is 13.2. The van der Waals surface area contributed by atoms with Gasteiger partial charge in [-0.25, -0.2) is 13.4 Å². The molecule has 1 atom stereocenters. The molecule has 0 fully saturated rings. The Labute approximate surface area is 186 Å². The van der Waals surface area contributed by atoms with Gasteiger partial charge in [0.05, 0.1) is 30.9 Å². The lowest BCUT2D eigenvalue weighted by molar-refractivity contribution is 0.0676. The van der Waals surface area contributed by atoms with Crippen molar-refractivity contribution in [3.05, 3.63) is 83.8 Å². The Kier molecular flexibility index (Phi) is 6.00. The van der Waals surface area contributed by atoms with Gasteiger partial charge in [-0.2, -0.15) is 5.10 Å². The van der Waals surface area contributed by atoms with Gasteiger partial charge in [0, 0.05) is 17.7 Å². The molecule has 2 aromatic carbocycles. The number of hydrogen-bond acceptors (Lipinski definition) is 6. The van der Waals surface area contributed by atoms with Gasteiger partial charge in [0.2, 0.25) is 10.0 Å². The fourth-order valence-electron chi connectivity index (χ4n) is 3.62. The molecule has 3 aromatic rings. The minimum absolute atomic E-state index is 0.196. The second-order valence-electron chi connectivity index (χ2n) is 7.32. The van der Waals surface area contributed by atoms with Crippen LogP contribution in [-0.4, -0.2) is 37.9 Å². The first kappa shape index (κ1) is 21.6. The molecule has 32 heavy (non-hydrogen) atoms. The van der Waals surface area contributed by atoms with Gasteiger partial charge in [-0.05, 0) is 42.8 Å². The fraction of sp³-hybridized carbons (Fsp3) is 0.217. The van der Waals surface area contributed by atoms with E-state index in [4.69, 9.17) is 9.15 Å². The highest BCUT2D eigenvalue weighted by molar-refractivity contribution is 7.92. The molecule has 0 saturated carbocycles. The Balaban J connectivity index is 1.69. The lowest BCUT2D eigenvalue weighted by Crippen LogP contribution is -2.27. The van der Waals surface area contributed by atoms with Crippen molar-refractivity contribution in [3.8, 4) is 5.75 Å². The number of para-hydroxylation sites is 1. The third-order valence-electron chi connectivity index (χ3n) is 4.95. The van der Waals surface area contributed by atoms with E-state index in [-0.39, 0.29) is 17.7 Å². The van der Waals surface area contributed by atoms with Gasteiger partial charge in [-0.15, -0.1) is 0 Å². The Bertz CT molecular complexity index is 1230. The van der Waals surface area contributed by atoms with Gasteiger partial charge >= 0.3 is 5.91 Å². The Morgan fingerprint density at radius 1 is 1.16 bits per heavy atom. The predicted molar refractivity (Wildman–Crippen MR) is 121 cm³/mol. The van der Waals surface area contributed by atoms with Gasteiger partial charge in [0.25, 0.3) is 0 Å². The van der Waals surface area contributed by atoms with Crippen molar-refractivity contribution >= 4 is 27.3 Å². The van der Waals surface area contributed by atoms with Crippen LogP contribution in [0.2, 0.25) is 0 Å². The van der Waals surface area contributed by atoms with Crippen LogP contribution in [0.25, 0.3) is 0 Å². The van der Waals surface area contributed by atoms with Crippen LogP contribution in [0.5, 0.6) is 5.75 Å². The van der Waals surface area contributed by atoms with Crippen LogP contribution in [0, 0.1) is 0 Å². The number of ether oxygens (including phenoxy) is 1. The largest absolute Gasteiger partial charge is 0.494 e. The molecule has 9 heteroatoms. The summed E-state index contributed by atoms with van der Waals surface area (Å²) in [4.78, 5) is 13.2. The van der Waals surface area contributed by atoms with Crippen molar-refractivity contribution in [1.82, 2.24) is 5.01 Å². The summed E-state index contributed by atoms with van der Waals surface area (Å²) in [6, 6.07) is 17.4. The van der Waals surface area contributed by atoms with E-state index in [0.29, 0.717) is 30.2 Å². The number of anilines is 1. The molecule has 0 radical (unpaired) electrons. The summed E-state index contributed by atoms with van der Waals surface area (Å²) in [5.74, 6) is 0.541. The van der Waals surface area contributed by atoms with Crippen LogP contribution in [0.15, 0.2) is 76.4 Å². The minimum Gasteiger partial charge on any atom is -0.494 e. The van der Waals surface area contributed by atoms with Crippen LogP contribution < -0.4 is 9.46 Å². The van der Waals surface area contributed by atoms with E-state index in [1.165, 1.54) is 11.3 Å². The molecule has 1 amide bonds. The minimum atomic E-state index is -3.37. The molecule has 8 nitrogen and oxygen atoms in total. The molecule has 4 rings (SSSR count). The van der Waals surface area contributed by atoms with Gasteiger partial charge < -0.3 is 9.15 Å². The Hall–Kier alpha value is -3.59. The van der Waals surface area contributed by atoms with Crippen molar-refractivity contribution in [1.29, 1.82) is 0 Å². The maximum Gasteiger partial charge on any atom is 0.310 e. The summed E-state index contributed by atoms with van der Waals surface area (Å²) in [5.41, 5.74) is 2.80. The molecule has 1 aliphatic rings. The average Bonchev–Trinajstić information content (AvgIpc) is 3.44. The van der Waals surface area contributed by atoms with Crippen molar-refractivity contribution in [2.75, 3.05) is 17.6 Å². The number of nitrogens with zero attached hydrogens (tertiary/aromatic N) is 2.